The van der Waals surface area contributed by atoms with Gasteiger partial charge in [0.05, 0.1) is 54.6 Å². The van der Waals surface area contributed by atoms with Crippen molar-refractivity contribution in [1.29, 1.82) is 0 Å². The summed E-state index contributed by atoms with van der Waals surface area (Å²) in [7, 11) is 4.61. The van der Waals surface area contributed by atoms with E-state index in [9.17, 15) is 14.4 Å². The van der Waals surface area contributed by atoms with E-state index >= 15 is 0 Å². The summed E-state index contributed by atoms with van der Waals surface area (Å²) in [4.78, 5) is 41.9. The number of esters is 1. The van der Waals surface area contributed by atoms with Gasteiger partial charge in [-0.25, -0.2) is 0 Å². The van der Waals surface area contributed by atoms with Gasteiger partial charge in [-0.3, -0.25) is 19.3 Å². The number of rotatable bonds is 10. The van der Waals surface area contributed by atoms with Crippen LogP contribution < -0.4 is 15.8 Å². The van der Waals surface area contributed by atoms with Gasteiger partial charge in [-0.15, -0.1) is 0 Å². The molecule has 0 aliphatic carbocycles. The van der Waals surface area contributed by atoms with Crippen LogP contribution in [0.25, 0.3) is 0 Å². The Morgan fingerprint density at radius 3 is 2.46 bits per heavy atom. The number of carbonyl (C=O) groups is 3. The van der Waals surface area contributed by atoms with Crippen molar-refractivity contribution in [3.8, 4) is 5.75 Å². The van der Waals surface area contributed by atoms with Gasteiger partial charge in [0, 0.05) is 46.5 Å². The van der Waals surface area contributed by atoms with Crippen molar-refractivity contribution in [2.24, 2.45) is 5.92 Å². The maximum atomic E-state index is 13.0. The number of carbonyl (C=O) groups excluding carboxylic acids is 3. The summed E-state index contributed by atoms with van der Waals surface area (Å²) in [6.07, 6.45) is 1.49. The first-order valence-electron chi connectivity index (χ1n) is 12.4. The van der Waals surface area contributed by atoms with E-state index < -0.39 is 0 Å². The van der Waals surface area contributed by atoms with Crippen LogP contribution in [0.1, 0.15) is 29.6 Å². The van der Waals surface area contributed by atoms with Gasteiger partial charge in [0.25, 0.3) is 5.91 Å². The fourth-order valence-electron chi connectivity index (χ4n) is 4.69. The highest BCUT2D eigenvalue weighted by molar-refractivity contribution is 6.33. The molecule has 2 saturated heterocycles. The minimum atomic E-state index is -0.334. The Labute approximate surface area is 222 Å². The van der Waals surface area contributed by atoms with E-state index in [-0.39, 0.29) is 54.0 Å². The number of likely N-dealkylation sites (tertiary alicyclic amines) is 2. The van der Waals surface area contributed by atoms with Crippen molar-refractivity contribution in [3.63, 3.8) is 0 Å². The largest absolute Gasteiger partial charge is 0.496 e. The highest BCUT2D eigenvalue weighted by Gasteiger charge is 2.34. The van der Waals surface area contributed by atoms with Gasteiger partial charge in [-0.05, 0) is 25.3 Å². The lowest BCUT2D eigenvalue weighted by Gasteiger charge is -2.39. The number of amides is 2. The Balaban J connectivity index is 1.49. The topological polar surface area (TPSA) is 133 Å². The third kappa shape index (κ3) is 7.70. The van der Waals surface area contributed by atoms with E-state index in [2.05, 4.69) is 5.32 Å². The average Bonchev–Trinajstić information content (AvgIpc) is 2.90. The third-order valence-corrected chi connectivity index (χ3v) is 7.22. The molecule has 2 heterocycles. The van der Waals surface area contributed by atoms with Crippen molar-refractivity contribution in [1.82, 2.24) is 15.1 Å². The molecule has 0 aromatic heterocycles. The molecule has 1 aromatic rings. The average molecular weight is 541 g/mol. The maximum absolute atomic E-state index is 13.0. The van der Waals surface area contributed by atoms with Crippen LogP contribution in [-0.2, 0) is 23.8 Å². The SMILES string of the molecule is COCCOC(=O)C1CCN(C(=O)CN2CC[C@@H](NC(=O)c3cc(Cl)c(N)cc3OC)[C@@H](OC)C2)CC1. The van der Waals surface area contributed by atoms with Gasteiger partial charge in [-0.2, -0.15) is 0 Å². The molecule has 0 saturated carbocycles. The van der Waals surface area contributed by atoms with Crippen LogP contribution in [0, 0.1) is 5.92 Å². The number of halogens is 1. The number of nitrogens with one attached hydrogen (secondary N) is 1. The van der Waals surface area contributed by atoms with Crippen molar-refractivity contribution in [2.75, 3.05) is 73.0 Å². The zero-order valence-electron chi connectivity index (χ0n) is 21.7. The standard InChI is InChI=1S/C25H37ClN4O7/c1-34-10-11-37-25(33)16-4-8-30(9-5-16)23(31)15-29-7-6-20(22(14-29)36-3)28-24(32)17-12-18(26)19(27)13-21(17)35-2/h12-13,16,20,22H,4-11,14-15,27H2,1-3H3,(H,28,32)/t20-,22+/m1/s1. The summed E-state index contributed by atoms with van der Waals surface area (Å²) in [5.74, 6) is -0.394. The molecule has 3 N–H and O–H groups in total. The third-order valence-electron chi connectivity index (χ3n) is 6.90. The zero-order valence-corrected chi connectivity index (χ0v) is 22.4. The molecule has 206 valence electrons. The van der Waals surface area contributed by atoms with Gasteiger partial charge < -0.3 is 34.9 Å². The predicted molar refractivity (Wildman–Crippen MR) is 138 cm³/mol. The molecule has 0 spiro atoms. The van der Waals surface area contributed by atoms with E-state index in [1.807, 2.05) is 4.90 Å². The molecule has 0 bridgehead atoms. The van der Waals surface area contributed by atoms with Crippen LogP contribution >= 0.6 is 11.6 Å². The number of ether oxygens (including phenoxy) is 4. The Hall–Kier alpha value is -2.60. The zero-order chi connectivity index (χ0) is 26.9. The highest BCUT2D eigenvalue weighted by atomic mass is 35.5. The Morgan fingerprint density at radius 1 is 1.08 bits per heavy atom. The van der Waals surface area contributed by atoms with Gasteiger partial charge in [0.1, 0.15) is 12.4 Å². The lowest BCUT2D eigenvalue weighted by atomic mass is 9.97. The van der Waals surface area contributed by atoms with Crippen molar-refractivity contribution >= 4 is 35.1 Å². The van der Waals surface area contributed by atoms with E-state index in [4.69, 9.17) is 36.3 Å². The van der Waals surface area contributed by atoms with Gasteiger partial charge in [0.15, 0.2) is 0 Å². The van der Waals surface area contributed by atoms with Crippen LogP contribution in [0.2, 0.25) is 5.02 Å². The first kappa shape index (κ1) is 29.0. The Bertz CT molecular complexity index is 955. The number of anilines is 1. The van der Waals surface area contributed by atoms with E-state index in [1.165, 1.54) is 19.2 Å². The quantitative estimate of drug-likeness (QED) is 0.255. The number of methoxy groups -OCH3 is 3. The molecular weight excluding hydrogens is 504 g/mol. The maximum Gasteiger partial charge on any atom is 0.309 e. The smallest absolute Gasteiger partial charge is 0.309 e. The van der Waals surface area contributed by atoms with Crippen molar-refractivity contribution in [3.05, 3.63) is 22.7 Å². The molecule has 0 radical (unpaired) electrons. The Kier molecular flexibility index (Phi) is 10.8. The fourth-order valence-corrected chi connectivity index (χ4v) is 4.85. The van der Waals surface area contributed by atoms with Gasteiger partial charge in [-0.1, -0.05) is 11.6 Å². The van der Waals surface area contributed by atoms with E-state index in [0.29, 0.717) is 69.0 Å². The first-order valence-corrected chi connectivity index (χ1v) is 12.8. The number of nitrogens with two attached hydrogens (primary N) is 1. The number of benzene rings is 1. The second-order valence-corrected chi connectivity index (χ2v) is 9.67. The van der Waals surface area contributed by atoms with Crippen LogP contribution in [0.5, 0.6) is 5.75 Å². The lowest BCUT2D eigenvalue weighted by Crippen LogP contribution is -2.56. The molecular formula is C25H37ClN4O7. The molecule has 2 aliphatic rings. The highest BCUT2D eigenvalue weighted by Crippen LogP contribution is 2.29. The summed E-state index contributed by atoms with van der Waals surface area (Å²) >= 11 is 6.11. The molecule has 1 aromatic carbocycles. The second-order valence-electron chi connectivity index (χ2n) is 9.27. The second kappa shape index (κ2) is 13.8. The molecule has 0 unspecified atom stereocenters. The van der Waals surface area contributed by atoms with Gasteiger partial charge in [0.2, 0.25) is 5.91 Å². The van der Waals surface area contributed by atoms with Crippen LogP contribution in [0.3, 0.4) is 0 Å². The molecule has 2 amide bonds. The normalized spacial score (nSPS) is 20.9. The summed E-state index contributed by atoms with van der Waals surface area (Å²) in [5, 5.41) is 3.28. The van der Waals surface area contributed by atoms with E-state index in [1.54, 1.807) is 19.1 Å². The molecule has 3 rings (SSSR count). The fraction of sp³-hybridized carbons (Fsp3) is 0.640. The summed E-state index contributed by atoms with van der Waals surface area (Å²) < 4.78 is 21.1. The molecule has 2 atom stereocenters. The minimum Gasteiger partial charge on any atom is -0.496 e. The summed E-state index contributed by atoms with van der Waals surface area (Å²) in [6, 6.07) is 2.76. The number of piperidine rings is 2. The van der Waals surface area contributed by atoms with Crippen LogP contribution in [0.15, 0.2) is 12.1 Å². The molecule has 2 fully saturated rings. The van der Waals surface area contributed by atoms with Crippen LogP contribution in [-0.4, -0.2) is 107 Å². The van der Waals surface area contributed by atoms with E-state index in [0.717, 1.165) is 0 Å². The van der Waals surface area contributed by atoms with Crippen molar-refractivity contribution < 1.29 is 33.3 Å². The Morgan fingerprint density at radius 2 is 1.81 bits per heavy atom. The lowest BCUT2D eigenvalue weighted by molar-refractivity contribution is -0.153. The number of hydrogen-bond acceptors (Lipinski definition) is 9. The first-order chi connectivity index (χ1) is 17.8. The summed E-state index contributed by atoms with van der Waals surface area (Å²) in [5.41, 5.74) is 6.44. The number of nitrogen functional groups attached to an aromatic ring is 1. The van der Waals surface area contributed by atoms with Crippen LogP contribution in [0.4, 0.5) is 5.69 Å². The monoisotopic (exact) mass is 540 g/mol. The molecule has 37 heavy (non-hydrogen) atoms. The molecule has 12 heteroatoms. The number of hydrogen-bond donors (Lipinski definition) is 2. The van der Waals surface area contributed by atoms with Crippen molar-refractivity contribution in [2.45, 2.75) is 31.4 Å². The molecule has 2 aliphatic heterocycles. The molecule has 11 nitrogen and oxygen atoms in total. The summed E-state index contributed by atoms with van der Waals surface area (Å²) in [6.45, 7) is 3.03. The van der Waals surface area contributed by atoms with Gasteiger partial charge >= 0.3 is 5.97 Å². The number of nitrogens with zero attached hydrogens (tertiary/aromatic N) is 2. The minimum absolute atomic E-state index is 0.0183. The predicted octanol–water partition coefficient (Wildman–Crippen LogP) is 1.18.